The van der Waals surface area contributed by atoms with E-state index in [9.17, 15) is 4.39 Å². The van der Waals surface area contributed by atoms with E-state index < -0.39 is 0 Å². The molecule has 1 fully saturated rings. The van der Waals surface area contributed by atoms with Gasteiger partial charge in [-0.3, -0.25) is 0 Å². The van der Waals surface area contributed by atoms with Crippen LogP contribution in [-0.4, -0.2) is 38.2 Å². The summed E-state index contributed by atoms with van der Waals surface area (Å²) in [5, 5.41) is 3.41. The van der Waals surface area contributed by atoms with E-state index in [1.807, 2.05) is 13.0 Å². The lowest BCUT2D eigenvalue weighted by Crippen LogP contribution is -2.32. The Labute approximate surface area is 127 Å². The van der Waals surface area contributed by atoms with Gasteiger partial charge in [-0.05, 0) is 64.5 Å². The van der Waals surface area contributed by atoms with Crippen molar-refractivity contribution < 1.29 is 9.13 Å². The number of likely N-dealkylation sites (tertiary alicyclic amines) is 1. The lowest BCUT2D eigenvalue weighted by molar-refractivity contribution is 0.225. The molecule has 1 aromatic rings. The van der Waals surface area contributed by atoms with Crippen molar-refractivity contribution in [3.8, 4) is 5.75 Å². The van der Waals surface area contributed by atoms with Crippen molar-refractivity contribution in [2.24, 2.45) is 0 Å². The molecule has 1 unspecified atom stereocenters. The van der Waals surface area contributed by atoms with Gasteiger partial charge in [0.25, 0.3) is 0 Å². The summed E-state index contributed by atoms with van der Waals surface area (Å²) in [6, 6.07) is 4.94. The van der Waals surface area contributed by atoms with E-state index in [1.54, 1.807) is 13.2 Å². The second kappa shape index (κ2) is 8.35. The van der Waals surface area contributed by atoms with Crippen molar-refractivity contribution >= 4 is 0 Å². The smallest absolute Gasteiger partial charge is 0.131 e. The molecule has 0 spiro atoms. The molecular weight excluding hydrogens is 267 g/mol. The third-order valence-corrected chi connectivity index (χ3v) is 4.22. The van der Waals surface area contributed by atoms with Crippen LogP contribution in [0.15, 0.2) is 18.2 Å². The number of methoxy groups -OCH3 is 1. The van der Waals surface area contributed by atoms with Gasteiger partial charge in [-0.1, -0.05) is 12.5 Å². The third-order valence-electron chi connectivity index (χ3n) is 4.22. The maximum atomic E-state index is 14.0. The van der Waals surface area contributed by atoms with Crippen molar-refractivity contribution in [1.29, 1.82) is 0 Å². The number of nitrogens with zero attached hydrogens (tertiary/aromatic N) is 1. The minimum atomic E-state index is -0.203. The van der Waals surface area contributed by atoms with Crippen LogP contribution in [0.3, 0.4) is 0 Å². The Morgan fingerprint density at radius 1 is 1.29 bits per heavy atom. The van der Waals surface area contributed by atoms with Gasteiger partial charge in [0.2, 0.25) is 0 Å². The van der Waals surface area contributed by atoms with Crippen molar-refractivity contribution in [3.63, 3.8) is 0 Å². The normalized spacial score (nSPS) is 17.7. The number of halogens is 1. The molecule has 1 aliphatic heterocycles. The molecular formula is C17H27FN2O. The van der Waals surface area contributed by atoms with E-state index in [0.29, 0.717) is 11.3 Å². The summed E-state index contributed by atoms with van der Waals surface area (Å²) in [5.74, 6) is 0.413. The molecule has 2 rings (SSSR count). The van der Waals surface area contributed by atoms with Crippen molar-refractivity contribution in [2.75, 3.05) is 33.3 Å². The Bertz CT molecular complexity index is 433. The summed E-state index contributed by atoms with van der Waals surface area (Å²) in [7, 11) is 1.58. The second-order valence-electron chi connectivity index (χ2n) is 5.79. The van der Waals surface area contributed by atoms with Gasteiger partial charge in [-0.15, -0.1) is 0 Å². The zero-order valence-corrected chi connectivity index (χ0v) is 13.2. The van der Waals surface area contributed by atoms with Gasteiger partial charge in [0, 0.05) is 11.6 Å². The van der Waals surface area contributed by atoms with Crippen LogP contribution in [0.2, 0.25) is 0 Å². The Kier molecular flexibility index (Phi) is 6.46. The number of benzene rings is 1. The fourth-order valence-electron chi connectivity index (χ4n) is 3.02. The summed E-state index contributed by atoms with van der Waals surface area (Å²) in [5.41, 5.74) is 0.623. The van der Waals surface area contributed by atoms with Gasteiger partial charge in [0.1, 0.15) is 11.6 Å². The highest BCUT2D eigenvalue weighted by Gasteiger charge is 2.16. The molecule has 4 heteroatoms. The largest absolute Gasteiger partial charge is 0.496 e. The number of hydrogen-bond donors (Lipinski definition) is 1. The molecule has 3 nitrogen and oxygen atoms in total. The summed E-state index contributed by atoms with van der Waals surface area (Å²) in [6.07, 6.45) is 5.13. The van der Waals surface area contributed by atoms with Crippen molar-refractivity contribution in [1.82, 2.24) is 10.2 Å². The van der Waals surface area contributed by atoms with Gasteiger partial charge in [0.15, 0.2) is 0 Å². The van der Waals surface area contributed by atoms with Crippen molar-refractivity contribution in [3.05, 3.63) is 29.6 Å². The van der Waals surface area contributed by atoms with Crippen LogP contribution in [0, 0.1) is 5.82 Å². The maximum Gasteiger partial charge on any atom is 0.131 e. The molecule has 1 aliphatic rings. The molecule has 21 heavy (non-hydrogen) atoms. The molecule has 0 radical (unpaired) electrons. The second-order valence-corrected chi connectivity index (χ2v) is 5.79. The number of ether oxygens (including phenoxy) is 1. The Morgan fingerprint density at radius 3 is 2.76 bits per heavy atom. The first kappa shape index (κ1) is 16.2. The predicted octanol–water partition coefficient (Wildman–Crippen LogP) is 3.36. The molecule has 118 valence electrons. The molecule has 0 bridgehead atoms. The molecule has 1 heterocycles. The standard InChI is InChI=1S/C17H27FN2O/c1-14(17-15(18)8-6-9-16(17)21-2)19-10-7-13-20-11-4-3-5-12-20/h6,8-9,14,19H,3-5,7,10-13H2,1-2H3. The summed E-state index contributed by atoms with van der Waals surface area (Å²) in [6.45, 7) is 6.48. The quantitative estimate of drug-likeness (QED) is 0.780. The highest BCUT2D eigenvalue weighted by atomic mass is 19.1. The molecule has 0 aliphatic carbocycles. The van der Waals surface area contributed by atoms with Crippen LogP contribution in [0.1, 0.15) is 44.2 Å². The van der Waals surface area contributed by atoms with Crippen LogP contribution in [0.25, 0.3) is 0 Å². The highest BCUT2D eigenvalue weighted by Crippen LogP contribution is 2.27. The fourth-order valence-corrected chi connectivity index (χ4v) is 3.02. The lowest BCUT2D eigenvalue weighted by Gasteiger charge is -2.26. The molecule has 0 amide bonds. The van der Waals surface area contributed by atoms with E-state index in [-0.39, 0.29) is 11.9 Å². The van der Waals surface area contributed by atoms with Crippen LogP contribution >= 0.6 is 0 Å². The maximum absolute atomic E-state index is 14.0. The van der Waals surface area contributed by atoms with E-state index in [4.69, 9.17) is 4.74 Å². The zero-order valence-electron chi connectivity index (χ0n) is 13.2. The van der Waals surface area contributed by atoms with Gasteiger partial charge in [0.05, 0.1) is 7.11 Å². The molecule has 0 saturated carbocycles. The van der Waals surface area contributed by atoms with E-state index >= 15 is 0 Å². The monoisotopic (exact) mass is 294 g/mol. The number of hydrogen-bond acceptors (Lipinski definition) is 3. The number of piperidine rings is 1. The topological polar surface area (TPSA) is 24.5 Å². The predicted molar refractivity (Wildman–Crippen MR) is 84.3 cm³/mol. The average molecular weight is 294 g/mol. The van der Waals surface area contributed by atoms with Crippen LogP contribution in [-0.2, 0) is 0 Å². The number of rotatable bonds is 7. The highest BCUT2D eigenvalue weighted by molar-refractivity contribution is 5.36. The summed E-state index contributed by atoms with van der Waals surface area (Å²) in [4.78, 5) is 2.53. The van der Waals surface area contributed by atoms with Crippen molar-refractivity contribution in [2.45, 2.75) is 38.6 Å². The third kappa shape index (κ3) is 4.68. The van der Waals surface area contributed by atoms with Crippen LogP contribution in [0.4, 0.5) is 4.39 Å². The van der Waals surface area contributed by atoms with Gasteiger partial charge < -0.3 is 15.0 Å². The Hall–Kier alpha value is -1.13. The van der Waals surface area contributed by atoms with E-state index in [0.717, 1.165) is 19.5 Å². The molecule has 1 saturated heterocycles. The first-order chi connectivity index (χ1) is 10.2. The van der Waals surface area contributed by atoms with E-state index in [1.165, 1.54) is 38.4 Å². The Balaban J connectivity index is 1.77. The first-order valence-electron chi connectivity index (χ1n) is 8.00. The van der Waals surface area contributed by atoms with Gasteiger partial charge >= 0.3 is 0 Å². The summed E-state index contributed by atoms with van der Waals surface area (Å²) < 4.78 is 19.2. The lowest BCUT2D eigenvalue weighted by atomic mass is 10.1. The molecule has 0 aromatic heterocycles. The van der Waals surface area contributed by atoms with Crippen LogP contribution in [0.5, 0.6) is 5.75 Å². The van der Waals surface area contributed by atoms with Gasteiger partial charge in [-0.25, -0.2) is 4.39 Å². The minimum Gasteiger partial charge on any atom is -0.496 e. The molecule has 1 atom stereocenters. The fraction of sp³-hybridized carbons (Fsp3) is 0.647. The average Bonchev–Trinajstić information content (AvgIpc) is 2.52. The zero-order chi connectivity index (χ0) is 15.1. The van der Waals surface area contributed by atoms with Crippen LogP contribution < -0.4 is 10.1 Å². The minimum absolute atomic E-state index is 0.0393. The first-order valence-corrected chi connectivity index (χ1v) is 8.00. The van der Waals surface area contributed by atoms with E-state index in [2.05, 4.69) is 10.2 Å². The molecule has 1 N–H and O–H groups in total. The summed E-state index contributed by atoms with van der Waals surface area (Å²) >= 11 is 0. The molecule has 1 aromatic carbocycles. The Morgan fingerprint density at radius 2 is 2.05 bits per heavy atom. The number of nitrogens with one attached hydrogen (secondary N) is 1. The van der Waals surface area contributed by atoms with Gasteiger partial charge in [-0.2, -0.15) is 0 Å². The SMILES string of the molecule is COc1cccc(F)c1C(C)NCCCN1CCCCC1.